The van der Waals surface area contributed by atoms with Crippen molar-refractivity contribution >= 4 is 0 Å². The van der Waals surface area contributed by atoms with Crippen molar-refractivity contribution in [2.45, 2.75) is 20.0 Å². The molecule has 0 radical (unpaired) electrons. The minimum atomic E-state index is -0.454. The largest absolute Gasteiger partial charge is 0.463 e. The molecule has 50 valence electrons. The molecule has 0 unspecified atom stereocenters. The molecule has 0 spiro atoms. The third kappa shape index (κ3) is 1.31. The molecule has 0 aromatic rings. The van der Waals surface area contributed by atoms with Gasteiger partial charge in [0.25, 0.3) is 6.01 Å². The molecular formula is C7H9FO. The lowest BCUT2D eigenvalue weighted by Gasteiger charge is -2.13. The van der Waals surface area contributed by atoms with Crippen LogP contribution in [0.1, 0.15) is 13.8 Å². The molecule has 0 saturated carbocycles. The second kappa shape index (κ2) is 2.21. The third-order valence-corrected chi connectivity index (χ3v) is 1.22. The number of allylic oxidation sites excluding steroid dienone is 2. The molecule has 1 rings (SSSR count). The smallest absolute Gasteiger partial charge is 0.276 e. The molecule has 1 atom stereocenters. The van der Waals surface area contributed by atoms with E-state index >= 15 is 0 Å². The molecular weight excluding hydrogens is 119 g/mol. The van der Waals surface area contributed by atoms with Crippen molar-refractivity contribution in [3.8, 4) is 0 Å². The lowest BCUT2D eigenvalue weighted by molar-refractivity contribution is 0.104. The van der Waals surface area contributed by atoms with E-state index in [1.165, 1.54) is 0 Å². The van der Waals surface area contributed by atoms with Crippen molar-refractivity contribution < 1.29 is 9.13 Å². The Hall–Kier alpha value is -0.790. The summed E-state index contributed by atoms with van der Waals surface area (Å²) in [7, 11) is 0. The van der Waals surface area contributed by atoms with Gasteiger partial charge in [0, 0.05) is 5.57 Å². The van der Waals surface area contributed by atoms with Gasteiger partial charge in [-0.3, -0.25) is 0 Å². The summed E-state index contributed by atoms with van der Waals surface area (Å²) in [5, 5.41) is 0. The normalized spacial score (nSPS) is 26.3. The van der Waals surface area contributed by atoms with Crippen LogP contribution < -0.4 is 0 Å². The Balaban J connectivity index is 2.75. The molecule has 0 aromatic carbocycles. The highest BCUT2D eigenvalue weighted by molar-refractivity contribution is 5.20. The number of halogens is 1. The Morgan fingerprint density at radius 3 is 2.78 bits per heavy atom. The van der Waals surface area contributed by atoms with Crippen LogP contribution >= 0.6 is 0 Å². The lowest BCUT2D eigenvalue weighted by Crippen LogP contribution is -2.06. The van der Waals surface area contributed by atoms with Gasteiger partial charge in [0.15, 0.2) is 0 Å². The van der Waals surface area contributed by atoms with Crippen LogP contribution in [0.3, 0.4) is 0 Å². The molecule has 1 nitrogen and oxygen atoms in total. The first-order valence-corrected chi connectivity index (χ1v) is 2.91. The van der Waals surface area contributed by atoms with Crippen LogP contribution in [0.5, 0.6) is 0 Å². The molecule has 0 N–H and O–H groups in total. The van der Waals surface area contributed by atoms with Crippen molar-refractivity contribution in [2.75, 3.05) is 0 Å². The average molecular weight is 128 g/mol. The number of ether oxygens (including phenoxy) is 1. The zero-order valence-corrected chi connectivity index (χ0v) is 5.52. The van der Waals surface area contributed by atoms with Crippen LogP contribution in [0.25, 0.3) is 0 Å². The predicted octanol–water partition coefficient (Wildman–Crippen LogP) is 2.16. The Bertz CT molecular complexity index is 170. The van der Waals surface area contributed by atoms with E-state index in [1.54, 1.807) is 19.9 Å². The van der Waals surface area contributed by atoms with Gasteiger partial charge in [-0.25, -0.2) is 0 Å². The standard InChI is InChI=1S/C7H9FO/c1-5-3-4-6(2)9-7(5)8/h3-4,6H,1-2H3/t6-/m0/s1. The van der Waals surface area contributed by atoms with Crippen LogP contribution in [-0.2, 0) is 4.74 Å². The lowest BCUT2D eigenvalue weighted by atomic mass is 10.2. The van der Waals surface area contributed by atoms with Gasteiger partial charge in [-0.2, -0.15) is 4.39 Å². The van der Waals surface area contributed by atoms with Crippen LogP contribution in [-0.4, -0.2) is 6.10 Å². The third-order valence-electron chi connectivity index (χ3n) is 1.22. The van der Waals surface area contributed by atoms with E-state index < -0.39 is 6.01 Å². The van der Waals surface area contributed by atoms with Gasteiger partial charge in [-0.05, 0) is 19.9 Å². The van der Waals surface area contributed by atoms with Gasteiger partial charge in [0.2, 0.25) is 0 Å². The van der Waals surface area contributed by atoms with Crippen LogP contribution in [0.15, 0.2) is 23.7 Å². The highest BCUT2D eigenvalue weighted by Crippen LogP contribution is 2.16. The summed E-state index contributed by atoms with van der Waals surface area (Å²) in [6.07, 6.45) is 3.43. The molecule has 0 amide bonds. The maximum absolute atomic E-state index is 12.4. The summed E-state index contributed by atoms with van der Waals surface area (Å²) in [6, 6.07) is -0.454. The molecule has 2 heteroatoms. The van der Waals surface area contributed by atoms with E-state index in [0.29, 0.717) is 5.57 Å². The molecule has 1 heterocycles. The van der Waals surface area contributed by atoms with Crippen LogP contribution in [0.2, 0.25) is 0 Å². The monoisotopic (exact) mass is 128 g/mol. The van der Waals surface area contributed by atoms with Gasteiger partial charge in [-0.1, -0.05) is 6.08 Å². The molecule has 1 aliphatic rings. The predicted molar refractivity (Wildman–Crippen MR) is 33.5 cm³/mol. The number of hydrogen-bond acceptors (Lipinski definition) is 1. The minimum absolute atomic E-state index is 0.117. The fraction of sp³-hybridized carbons (Fsp3) is 0.429. The first kappa shape index (κ1) is 6.33. The van der Waals surface area contributed by atoms with E-state index in [2.05, 4.69) is 0 Å². The summed E-state index contributed by atoms with van der Waals surface area (Å²) >= 11 is 0. The second-order valence-electron chi connectivity index (χ2n) is 2.14. The van der Waals surface area contributed by atoms with Crippen molar-refractivity contribution in [1.29, 1.82) is 0 Å². The first-order chi connectivity index (χ1) is 4.20. The summed E-state index contributed by atoms with van der Waals surface area (Å²) in [6.45, 7) is 3.47. The molecule has 1 aliphatic heterocycles. The molecule has 0 aliphatic carbocycles. The minimum Gasteiger partial charge on any atom is -0.463 e. The topological polar surface area (TPSA) is 9.23 Å². The van der Waals surface area contributed by atoms with E-state index in [-0.39, 0.29) is 6.10 Å². The van der Waals surface area contributed by atoms with Gasteiger partial charge in [-0.15, -0.1) is 0 Å². The quantitative estimate of drug-likeness (QED) is 0.485. The second-order valence-corrected chi connectivity index (χ2v) is 2.14. The maximum atomic E-state index is 12.4. The highest BCUT2D eigenvalue weighted by atomic mass is 19.1. The zero-order chi connectivity index (χ0) is 6.85. The Morgan fingerprint density at radius 2 is 2.33 bits per heavy atom. The van der Waals surface area contributed by atoms with Crippen LogP contribution in [0, 0.1) is 0 Å². The summed E-state index contributed by atoms with van der Waals surface area (Å²) < 4.78 is 17.2. The van der Waals surface area contributed by atoms with Crippen molar-refractivity contribution in [3.63, 3.8) is 0 Å². The SMILES string of the molecule is CC1=C(F)O[C@@H](C)C=C1. The fourth-order valence-corrected chi connectivity index (χ4v) is 0.641. The molecule has 0 fully saturated rings. The van der Waals surface area contributed by atoms with E-state index in [1.807, 2.05) is 6.08 Å². The molecule has 0 aromatic heterocycles. The molecule has 0 bridgehead atoms. The Kier molecular flexibility index (Phi) is 1.56. The highest BCUT2D eigenvalue weighted by Gasteiger charge is 2.08. The van der Waals surface area contributed by atoms with Crippen molar-refractivity contribution in [3.05, 3.63) is 23.7 Å². The van der Waals surface area contributed by atoms with E-state index in [0.717, 1.165) is 0 Å². The first-order valence-electron chi connectivity index (χ1n) is 2.91. The van der Waals surface area contributed by atoms with Crippen molar-refractivity contribution in [1.82, 2.24) is 0 Å². The van der Waals surface area contributed by atoms with Gasteiger partial charge >= 0.3 is 0 Å². The zero-order valence-electron chi connectivity index (χ0n) is 5.52. The Labute approximate surface area is 53.8 Å². The summed E-state index contributed by atoms with van der Waals surface area (Å²) in [5.41, 5.74) is 0.563. The fourth-order valence-electron chi connectivity index (χ4n) is 0.641. The number of hydrogen-bond donors (Lipinski definition) is 0. The molecule has 0 saturated heterocycles. The Morgan fingerprint density at radius 1 is 1.67 bits per heavy atom. The number of rotatable bonds is 0. The van der Waals surface area contributed by atoms with Crippen LogP contribution in [0.4, 0.5) is 4.39 Å². The van der Waals surface area contributed by atoms with Gasteiger partial charge in [0.1, 0.15) is 6.10 Å². The summed E-state index contributed by atoms with van der Waals surface area (Å²) in [4.78, 5) is 0. The molecule has 9 heavy (non-hydrogen) atoms. The van der Waals surface area contributed by atoms with Gasteiger partial charge in [0.05, 0.1) is 0 Å². The average Bonchev–Trinajstić information content (AvgIpc) is 1.80. The van der Waals surface area contributed by atoms with E-state index in [4.69, 9.17) is 4.74 Å². The summed E-state index contributed by atoms with van der Waals surface area (Å²) in [5.74, 6) is 0. The maximum Gasteiger partial charge on any atom is 0.276 e. The van der Waals surface area contributed by atoms with Gasteiger partial charge < -0.3 is 4.74 Å². The van der Waals surface area contributed by atoms with Crippen molar-refractivity contribution in [2.24, 2.45) is 0 Å². The van der Waals surface area contributed by atoms with E-state index in [9.17, 15) is 4.39 Å².